The van der Waals surface area contributed by atoms with Crippen LogP contribution in [-0.2, 0) is 6.42 Å². The molecule has 1 atom stereocenters. The molecule has 2 amide bonds. The molecule has 5 heteroatoms. The highest BCUT2D eigenvalue weighted by Crippen LogP contribution is 2.26. The maximum atomic E-state index is 13.5. The summed E-state index contributed by atoms with van der Waals surface area (Å²) >= 11 is 0. The second-order valence-electron chi connectivity index (χ2n) is 8.04. The van der Waals surface area contributed by atoms with Crippen LogP contribution in [-0.4, -0.2) is 35.1 Å². The first-order chi connectivity index (χ1) is 14.7. The maximum absolute atomic E-state index is 13.5. The lowest BCUT2D eigenvalue weighted by molar-refractivity contribution is 0.115. The molecule has 0 saturated carbocycles. The Morgan fingerprint density at radius 3 is 2.63 bits per heavy atom. The number of hydrogen-bond donors (Lipinski definition) is 1. The van der Waals surface area contributed by atoms with Crippen LogP contribution in [0.25, 0.3) is 5.57 Å². The van der Waals surface area contributed by atoms with Crippen molar-refractivity contribution in [2.24, 2.45) is 0 Å². The van der Waals surface area contributed by atoms with Gasteiger partial charge in [-0.15, -0.1) is 0 Å². The second-order valence-corrected chi connectivity index (χ2v) is 8.04. The molecule has 0 bridgehead atoms. The van der Waals surface area contributed by atoms with Crippen molar-refractivity contribution in [2.75, 3.05) is 13.1 Å². The lowest BCUT2D eigenvalue weighted by Gasteiger charge is -2.38. The molecule has 2 aliphatic rings. The molecule has 4 rings (SSSR count). The van der Waals surface area contributed by atoms with Gasteiger partial charge in [-0.2, -0.15) is 5.26 Å². The van der Waals surface area contributed by atoms with Crippen LogP contribution in [0.4, 0.5) is 4.79 Å². The third-order valence-electron chi connectivity index (χ3n) is 5.97. The first-order valence-electron chi connectivity index (χ1n) is 10.8. The summed E-state index contributed by atoms with van der Waals surface area (Å²) in [5, 5.41) is 10.7. The quantitative estimate of drug-likeness (QED) is 0.811. The summed E-state index contributed by atoms with van der Waals surface area (Å²) in [6.45, 7) is 1.56. The van der Waals surface area contributed by atoms with E-state index in [1.807, 2.05) is 41.4 Å². The molecule has 0 aromatic heterocycles. The van der Waals surface area contributed by atoms with Crippen LogP contribution < -0.4 is 5.43 Å². The predicted molar refractivity (Wildman–Crippen MR) is 118 cm³/mol. The molecule has 2 heterocycles. The molecule has 2 aliphatic heterocycles. The minimum Gasteiger partial charge on any atom is -0.320 e. The van der Waals surface area contributed by atoms with Crippen LogP contribution in [0, 0.1) is 11.3 Å². The summed E-state index contributed by atoms with van der Waals surface area (Å²) in [7, 11) is 0. The van der Waals surface area contributed by atoms with E-state index in [0.29, 0.717) is 5.56 Å². The molecular formula is C25H28N4O. The van der Waals surface area contributed by atoms with E-state index in [1.165, 1.54) is 12.0 Å². The number of nitriles is 1. The molecule has 2 aromatic rings. The van der Waals surface area contributed by atoms with Crippen LogP contribution in [0.2, 0.25) is 0 Å². The van der Waals surface area contributed by atoms with Gasteiger partial charge in [0.15, 0.2) is 0 Å². The lowest BCUT2D eigenvalue weighted by Crippen LogP contribution is -2.53. The van der Waals surface area contributed by atoms with Crippen molar-refractivity contribution in [3.8, 4) is 6.07 Å². The van der Waals surface area contributed by atoms with Crippen molar-refractivity contribution in [2.45, 2.75) is 44.6 Å². The van der Waals surface area contributed by atoms with Crippen LogP contribution in [0.1, 0.15) is 48.8 Å². The van der Waals surface area contributed by atoms with Crippen LogP contribution in [0.15, 0.2) is 60.8 Å². The third kappa shape index (κ3) is 4.72. The Balaban J connectivity index is 1.53. The Morgan fingerprint density at radius 2 is 1.87 bits per heavy atom. The number of piperidine rings is 1. The summed E-state index contributed by atoms with van der Waals surface area (Å²) in [5.74, 6) is 0. The minimum absolute atomic E-state index is 0.0312. The van der Waals surface area contributed by atoms with Crippen molar-refractivity contribution in [3.63, 3.8) is 0 Å². The van der Waals surface area contributed by atoms with Gasteiger partial charge in [-0.3, -0.25) is 0 Å². The Labute approximate surface area is 178 Å². The van der Waals surface area contributed by atoms with Crippen molar-refractivity contribution < 1.29 is 4.79 Å². The van der Waals surface area contributed by atoms with Gasteiger partial charge in [0.25, 0.3) is 0 Å². The highest BCUT2D eigenvalue weighted by Gasteiger charge is 2.30. The van der Waals surface area contributed by atoms with E-state index in [-0.39, 0.29) is 12.1 Å². The summed E-state index contributed by atoms with van der Waals surface area (Å²) < 4.78 is 0. The lowest BCUT2D eigenvalue weighted by atomic mass is 9.96. The van der Waals surface area contributed by atoms with Gasteiger partial charge in [-0.25, -0.2) is 15.2 Å². The normalized spacial score (nSPS) is 19.6. The number of carbonyl (C=O) groups excluding carboxylic acids is 1. The molecule has 0 radical (unpaired) electrons. The van der Waals surface area contributed by atoms with Crippen LogP contribution >= 0.6 is 0 Å². The van der Waals surface area contributed by atoms with E-state index in [4.69, 9.17) is 5.26 Å². The zero-order chi connectivity index (χ0) is 20.8. The number of nitrogens with one attached hydrogen (secondary N) is 1. The SMILES string of the molecule is N#Cc1ccc(C2=CN(C(=O)N3CCCCC3Cc3ccccc3)NCCC2)cc1. The smallest absolute Gasteiger partial charge is 0.320 e. The number of nitrogens with zero attached hydrogens (tertiary/aromatic N) is 3. The molecular weight excluding hydrogens is 372 g/mol. The van der Waals surface area contributed by atoms with E-state index in [9.17, 15) is 4.79 Å². The van der Waals surface area contributed by atoms with E-state index >= 15 is 0 Å². The number of likely N-dealkylation sites (tertiary alicyclic amines) is 1. The average Bonchev–Trinajstić information content (AvgIpc) is 3.06. The van der Waals surface area contributed by atoms with Crippen molar-refractivity contribution in [1.29, 1.82) is 5.26 Å². The molecule has 5 nitrogen and oxygen atoms in total. The predicted octanol–water partition coefficient (Wildman–Crippen LogP) is 4.72. The third-order valence-corrected chi connectivity index (χ3v) is 5.97. The van der Waals surface area contributed by atoms with Crippen LogP contribution in [0.5, 0.6) is 0 Å². The summed E-state index contributed by atoms with van der Waals surface area (Å²) in [6.07, 6.45) is 7.97. The monoisotopic (exact) mass is 400 g/mol. The molecule has 2 aromatic carbocycles. The van der Waals surface area contributed by atoms with Crippen molar-refractivity contribution >= 4 is 11.6 Å². The highest BCUT2D eigenvalue weighted by molar-refractivity contribution is 5.78. The molecule has 1 fully saturated rings. The van der Waals surface area contributed by atoms with Crippen LogP contribution in [0.3, 0.4) is 0 Å². The number of benzene rings is 2. The fraction of sp³-hybridized carbons (Fsp3) is 0.360. The van der Waals surface area contributed by atoms with E-state index < -0.39 is 0 Å². The zero-order valence-electron chi connectivity index (χ0n) is 17.3. The standard InChI is InChI=1S/C25H28N4O/c26-18-21-11-13-22(14-12-21)23-9-6-15-27-29(19-23)25(30)28-16-5-4-10-24(28)17-20-7-2-1-3-8-20/h1-3,7-8,11-14,19,24,27H,4-6,9-10,15-17H2. The zero-order valence-corrected chi connectivity index (χ0v) is 17.3. The number of hydrogen-bond acceptors (Lipinski definition) is 3. The van der Waals surface area contributed by atoms with Gasteiger partial charge in [0.05, 0.1) is 11.6 Å². The van der Waals surface area contributed by atoms with Gasteiger partial charge >= 0.3 is 6.03 Å². The second kappa shape index (κ2) is 9.60. The Kier molecular flexibility index (Phi) is 6.46. The summed E-state index contributed by atoms with van der Waals surface area (Å²) in [4.78, 5) is 15.5. The van der Waals surface area contributed by atoms with E-state index in [0.717, 1.165) is 56.3 Å². The minimum atomic E-state index is 0.0312. The number of carbonyl (C=O) groups is 1. The van der Waals surface area contributed by atoms with Gasteiger partial charge in [0.1, 0.15) is 0 Å². The largest absolute Gasteiger partial charge is 0.338 e. The number of urea groups is 1. The highest BCUT2D eigenvalue weighted by atomic mass is 16.2. The van der Waals surface area contributed by atoms with Gasteiger partial charge in [0, 0.05) is 25.3 Å². The van der Waals surface area contributed by atoms with E-state index in [1.54, 1.807) is 5.01 Å². The molecule has 1 saturated heterocycles. The first kappa shape index (κ1) is 20.2. The van der Waals surface area contributed by atoms with E-state index in [2.05, 4.69) is 35.8 Å². The molecule has 1 N–H and O–H groups in total. The number of rotatable bonds is 3. The Hall–Kier alpha value is -3.10. The average molecular weight is 401 g/mol. The molecule has 0 spiro atoms. The van der Waals surface area contributed by atoms with Gasteiger partial charge in [0.2, 0.25) is 0 Å². The fourth-order valence-corrected chi connectivity index (χ4v) is 4.33. The Morgan fingerprint density at radius 1 is 1.07 bits per heavy atom. The van der Waals surface area contributed by atoms with Gasteiger partial charge in [-0.05, 0) is 67.4 Å². The molecule has 0 aliphatic carbocycles. The van der Waals surface area contributed by atoms with Crippen molar-refractivity contribution in [1.82, 2.24) is 15.3 Å². The summed E-state index contributed by atoms with van der Waals surface area (Å²) in [5.41, 5.74) is 7.41. The molecule has 30 heavy (non-hydrogen) atoms. The summed E-state index contributed by atoms with van der Waals surface area (Å²) in [6, 6.07) is 20.5. The topological polar surface area (TPSA) is 59.4 Å². The fourth-order valence-electron chi connectivity index (χ4n) is 4.33. The van der Waals surface area contributed by atoms with Crippen molar-refractivity contribution in [3.05, 3.63) is 77.5 Å². The molecule has 154 valence electrons. The van der Waals surface area contributed by atoms with Gasteiger partial charge in [-0.1, -0.05) is 42.5 Å². The first-order valence-corrected chi connectivity index (χ1v) is 10.8. The Bertz CT molecular complexity index is 930. The number of hydrazine groups is 1. The number of amides is 2. The maximum Gasteiger partial charge on any atom is 0.338 e. The van der Waals surface area contributed by atoms with Gasteiger partial charge < -0.3 is 4.90 Å². The molecule has 1 unspecified atom stereocenters. The number of allylic oxidation sites excluding steroid dienone is 1.